The standard InChI is InChI=1S/C11H22OSi/c1-8-10(9-11(2,3)4)12-13(5,6)7/h1,10H,9H2,2-7H3. The van der Waals surface area contributed by atoms with Crippen molar-refractivity contribution in [2.45, 2.75) is 52.9 Å². The second kappa shape index (κ2) is 4.30. The molecule has 0 N–H and O–H groups in total. The molecule has 0 fully saturated rings. The van der Waals surface area contributed by atoms with Gasteiger partial charge in [-0.1, -0.05) is 26.7 Å². The molecule has 0 bridgehead atoms. The summed E-state index contributed by atoms with van der Waals surface area (Å²) in [6.45, 7) is 13.1. The van der Waals surface area contributed by atoms with Gasteiger partial charge in [-0.15, -0.1) is 6.42 Å². The minimum Gasteiger partial charge on any atom is -0.404 e. The molecular weight excluding hydrogens is 176 g/mol. The molecule has 0 aliphatic carbocycles. The average Bonchev–Trinajstić information content (AvgIpc) is 1.79. The minimum absolute atomic E-state index is 0.00772. The van der Waals surface area contributed by atoms with Gasteiger partial charge in [-0.3, -0.25) is 0 Å². The van der Waals surface area contributed by atoms with Gasteiger partial charge < -0.3 is 4.43 Å². The van der Waals surface area contributed by atoms with Crippen LogP contribution < -0.4 is 0 Å². The van der Waals surface area contributed by atoms with E-state index in [-0.39, 0.29) is 11.5 Å². The van der Waals surface area contributed by atoms with Crippen molar-refractivity contribution < 1.29 is 4.43 Å². The zero-order chi connectivity index (χ0) is 10.7. The Balaban J connectivity index is 4.16. The van der Waals surface area contributed by atoms with Crippen molar-refractivity contribution in [3.05, 3.63) is 0 Å². The van der Waals surface area contributed by atoms with E-state index in [1.165, 1.54) is 0 Å². The van der Waals surface area contributed by atoms with Crippen LogP contribution in [0.1, 0.15) is 27.2 Å². The van der Waals surface area contributed by atoms with E-state index in [1.807, 2.05) is 0 Å². The summed E-state index contributed by atoms with van der Waals surface area (Å²) in [6, 6.07) is 0. The molecule has 1 nitrogen and oxygen atoms in total. The topological polar surface area (TPSA) is 9.23 Å². The Kier molecular flexibility index (Phi) is 4.21. The van der Waals surface area contributed by atoms with Gasteiger partial charge in [-0.2, -0.15) is 0 Å². The molecule has 0 rings (SSSR count). The fourth-order valence-corrected chi connectivity index (χ4v) is 2.12. The van der Waals surface area contributed by atoms with Crippen molar-refractivity contribution >= 4 is 8.32 Å². The molecule has 0 saturated heterocycles. The highest BCUT2D eigenvalue weighted by molar-refractivity contribution is 6.69. The van der Waals surface area contributed by atoms with Crippen LogP contribution in [-0.4, -0.2) is 14.4 Å². The van der Waals surface area contributed by atoms with Gasteiger partial charge in [0.15, 0.2) is 8.32 Å². The van der Waals surface area contributed by atoms with E-state index in [0.717, 1.165) is 6.42 Å². The zero-order valence-electron chi connectivity index (χ0n) is 9.77. The Morgan fingerprint density at radius 3 is 2.00 bits per heavy atom. The van der Waals surface area contributed by atoms with Crippen LogP contribution in [0.5, 0.6) is 0 Å². The first kappa shape index (κ1) is 12.7. The highest BCUT2D eigenvalue weighted by Crippen LogP contribution is 2.23. The Morgan fingerprint density at radius 2 is 1.77 bits per heavy atom. The second-order valence-electron chi connectivity index (χ2n) is 5.65. The van der Waals surface area contributed by atoms with E-state index in [0.29, 0.717) is 0 Å². The van der Waals surface area contributed by atoms with Crippen molar-refractivity contribution in [1.82, 2.24) is 0 Å². The molecule has 13 heavy (non-hydrogen) atoms. The molecule has 0 amide bonds. The summed E-state index contributed by atoms with van der Waals surface area (Å²) in [5, 5.41) is 0. The number of hydrogen-bond donors (Lipinski definition) is 0. The first-order valence-corrected chi connectivity index (χ1v) is 8.19. The fourth-order valence-electron chi connectivity index (χ4n) is 1.12. The van der Waals surface area contributed by atoms with E-state index < -0.39 is 8.32 Å². The van der Waals surface area contributed by atoms with Crippen molar-refractivity contribution in [2.75, 3.05) is 0 Å². The summed E-state index contributed by atoms with van der Waals surface area (Å²) in [7, 11) is -1.48. The van der Waals surface area contributed by atoms with E-state index in [9.17, 15) is 0 Å². The molecule has 76 valence electrons. The second-order valence-corrected chi connectivity index (χ2v) is 10.1. The molecule has 0 aromatic carbocycles. The Bertz CT molecular complexity index is 174. The van der Waals surface area contributed by atoms with Crippen LogP contribution in [0.2, 0.25) is 19.6 Å². The fraction of sp³-hybridized carbons (Fsp3) is 0.818. The Labute approximate surface area is 84.0 Å². The smallest absolute Gasteiger partial charge is 0.185 e. The zero-order valence-corrected chi connectivity index (χ0v) is 10.8. The van der Waals surface area contributed by atoms with Gasteiger partial charge in [-0.05, 0) is 31.5 Å². The van der Waals surface area contributed by atoms with Crippen LogP contribution in [-0.2, 0) is 4.43 Å². The highest BCUT2D eigenvalue weighted by Gasteiger charge is 2.23. The molecule has 0 aliphatic rings. The third-order valence-electron chi connectivity index (χ3n) is 1.48. The molecule has 1 atom stereocenters. The summed E-state index contributed by atoms with van der Waals surface area (Å²) >= 11 is 0. The molecule has 1 unspecified atom stereocenters. The lowest BCUT2D eigenvalue weighted by Gasteiger charge is -2.28. The van der Waals surface area contributed by atoms with Crippen LogP contribution in [0.4, 0.5) is 0 Å². The summed E-state index contributed by atoms with van der Waals surface area (Å²) in [5.74, 6) is 2.73. The Morgan fingerprint density at radius 1 is 1.31 bits per heavy atom. The molecule has 0 aromatic rings. The minimum atomic E-state index is -1.48. The molecule has 0 saturated carbocycles. The maximum Gasteiger partial charge on any atom is 0.185 e. The van der Waals surface area contributed by atoms with Crippen LogP contribution in [0.15, 0.2) is 0 Å². The first-order chi connectivity index (χ1) is 5.64. The largest absolute Gasteiger partial charge is 0.404 e. The molecule has 0 radical (unpaired) electrons. The molecular formula is C11H22OSi. The SMILES string of the molecule is C#CC(CC(C)(C)C)O[Si](C)(C)C. The predicted molar refractivity (Wildman–Crippen MR) is 61.1 cm³/mol. The quantitative estimate of drug-likeness (QED) is 0.499. The van der Waals surface area contributed by atoms with Crippen molar-refractivity contribution in [3.63, 3.8) is 0 Å². The van der Waals surface area contributed by atoms with E-state index >= 15 is 0 Å². The molecule has 0 heterocycles. The van der Waals surface area contributed by atoms with E-state index in [4.69, 9.17) is 10.8 Å². The predicted octanol–water partition coefficient (Wildman–Crippen LogP) is 3.28. The maximum absolute atomic E-state index is 5.87. The van der Waals surface area contributed by atoms with Gasteiger partial charge in [0.05, 0.1) is 0 Å². The van der Waals surface area contributed by atoms with Crippen molar-refractivity contribution in [3.8, 4) is 12.3 Å². The first-order valence-electron chi connectivity index (χ1n) is 4.78. The van der Waals surface area contributed by atoms with Crippen LogP contribution in [0.3, 0.4) is 0 Å². The number of hydrogen-bond acceptors (Lipinski definition) is 1. The summed E-state index contributed by atoms with van der Waals surface area (Å²) in [5.41, 5.74) is 0.247. The monoisotopic (exact) mass is 198 g/mol. The van der Waals surface area contributed by atoms with Gasteiger partial charge in [0, 0.05) is 0 Å². The van der Waals surface area contributed by atoms with Crippen molar-refractivity contribution in [2.24, 2.45) is 5.41 Å². The normalized spacial score (nSPS) is 15.2. The molecule has 2 heteroatoms. The molecule has 0 aromatic heterocycles. The molecule has 0 spiro atoms. The number of rotatable bonds is 3. The highest BCUT2D eigenvalue weighted by atomic mass is 28.4. The van der Waals surface area contributed by atoms with Gasteiger partial charge in [0.1, 0.15) is 6.10 Å². The summed E-state index contributed by atoms with van der Waals surface area (Å²) in [4.78, 5) is 0. The van der Waals surface area contributed by atoms with E-state index in [2.05, 4.69) is 46.3 Å². The molecule has 0 aliphatic heterocycles. The van der Waals surface area contributed by atoms with Crippen LogP contribution in [0.25, 0.3) is 0 Å². The van der Waals surface area contributed by atoms with Crippen LogP contribution in [0, 0.1) is 17.8 Å². The number of terminal acetylenes is 1. The lowest BCUT2D eigenvalue weighted by molar-refractivity contribution is 0.185. The Hall–Kier alpha value is -0.263. The summed E-state index contributed by atoms with van der Waals surface area (Å²) < 4.78 is 5.87. The van der Waals surface area contributed by atoms with Gasteiger partial charge in [-0.25, -0.2) is 0 Å². The van der Waals surface area contributed by atoms with Gasteiger partial charge in [0.2, 0.25) is 0 Å². The van der Waals surface area contributed by atoms with Gasteiger partial charge >= 0.3 is 0 Å². The average molecular weight is 198 g/mol. The third kappa shape index (κ3) is 8.08. The van der Waals surface area contributed by atoms with Gasteiger partial charge in [0.25, 0.3) is 0 Å². The lowest BCUT2D eigenvalue weighted by Crippen LogP contribution is -2.33. The lowest BCUT2D eigenvalue weighted by atomic mass is 9.89. The van der Waals surface area contributed by atoms with Crippen LogP contribution >= 0.6 is 0 Å². The third-order valence-corrected chi connectivity index (χ3v) is 2.47. The summed E-state index contributed by atoms with van der Waals surface area (Å²) in [6.07, 6.45) is 6.36. The van der Waals surface area contributed by atoms with Crippen molar-refractivity contribution in [1.29, 1.82) is 0 Å². The maximum atomic E-state index is 5.87. The van der Waals surface area contributed by atoms with E-state index in [1.54, 1.807) is 0 Å².